The van der Waals surface area contributed by atoms with E-state index in [-0.39, 0.29) is 0 Å². The summed E-state index contributed by atoms with van der Waals surface area (Å²) in [7, 11) is 1.00. The van der Waals surface area contributed by atoms with Crippen molar-refractivity contribution in [1.82, 2.24) is 0 Å². The molecular weight excluding hydrogens is 236 g/mol. The molecule has 0 aromatic heterocycles. The number of primary amides is 1. The van der Waals surface area contributed by atoms with E-state index in [2.05, 4.69) is 15.9 Å². The van der Waals surface area contributed by atoms with E-state index in [1.165, 1.54) is 0 Å². The number of carbonyl (C=O) groups excluding carboxylic acids is 1. The number of hydrogen-bond donors (Lipinski definition) is 3. The van der Waals surface area contributed by atoms with Gasteiger partial charge in [0.05, 0.1) is 5.56 Å². The molecule has 0 spiro atoms. The number of carbonyl (C=O) groups is 1. The van der Waals surface area contributed by atoms with Gasteiger partial charge in [-0.25, -0.2) is 0 Å². The van der Waals surface area contributed by atoms with E-state index >= 15 is 0 Å². The number of hydrogen-bond acceptors (Lipinski definition) is 3. The maximum absolute atomic E-state index is 10.7. The zero-order valence-corrected chi connectivity index (χ0v) is 8.71. The van der Waals surface area contributed by atoms with Crippen LogP contribution in [0.4, 0.5) is 5.69 Å². The van der Waals surface area contributed by atoms with Crippen LogP contribution in [-0.2, 0) is 0 Å². The highest BCUT2D eigenvalue weighted by Crippen LogP contribution is 2.17. The van der Waals surface area contributed by atoms with E-state index in [1.807, 2.05) is 0 Å². The Balaban J connectivity index is 0.000000671. The predicted octanol–water partition coefficient (Wildman–Crippen LogP) is 0.739. The number of anilines is 1. The van der Waals surface area contributed by atoms with Crippen LogP contribution >= 0.6 is 15.9 Å². The Morgan fingerprint density at radius 2 is 2.00 bits per heavy atom. The van der Waals surface area contributed by atoms with Crippen LogP contribution < -0.4 is 11.5 Å². The van der Waals surface area contributed by atoms with Gasteiger partial charge in [-0.05, 0) is 18.2 Å². The lowest BCUT2D eigenvalue weighted by Crippen LogP contribution is -2.13. The first kappa shape index (κ1) is 11.9. The molecule has 0 saturated heterocycles. The molecule has 0 heterocycles. The van der Waals surface area contributed by atoms with Gasteiger partial charge in [0.1, 0.15) is 0 Å². The minimum Gasteiger partial charge on any atom is -0.400 e. The molecule has 5 heteroatoms. The lowest BCUT2D eigenvalue weighted by Gasteiger charge is -2.00. The van der Waals surface area contributed by atoms with E-state index in [4.69, 9.17) is 16.6 Å². The van der Waals surface area contributed by atoms with Gasteiger partial charge in [0.2, 0.25) is 0 Å². The summed E-state index contributed by atoms with van der Waals surface area (Å²) in [5.41, 5.74) is 11.3. The molecule has 1 amide bonds. The molecule has 1 rings (SSSR count). The number of benzene rings is 1. The Labute approximate surface area is 84.7 Å². The summed E-state index contributed by atoms with van der Waals surface area (Å²) in [5, 5.41) is 7.00. The molecule has 0 fully saturated rings. The first-order valence-electron chi connectivity index (χ1n) is 3.41. The van der Waals surface area contributed by atoms with Gasteiger partial charge in [0.15, 0.2) is 0 Å². The molecule has 1 aromatic carbocycles. The zero-order chi connectivity index (χ0) is 10.4. The molecule has 0 radical (unpaired) electrons. The quantitative estimate of drug-likeness (QED) is 0.639. The van der Waals surface area contributed by atoms with Crippen molar-refractivity contribution in [2.45, 2.75) is 0 Å². The van der Waals surface area contributed by atoms with Gasteiger partial charge in [-0.15, -0.1) is 0 Å². The highest BCUT2D eigenvalue weighted by molar-refractivity contribution is 9.10. The molecule has 5 N–H and O–H groups in total. The molecule has 0 saturated carbocycles. The average Bonchev–Trinajstić information content (AvgIpc) is 2.12. The van der Waals surface area contributed by atoms with Crippen molar-refractivity contribution in [2.75, 3.05) is 12.8 Å². The Morgan fingerprint density at radius 3 is 2.38 bits per heavy atom. The Hall–Kier alpha value is -1.07. The second-order valence-corrected chi connectivity index (χ2v) is 3.01. The maximum atomic E-state index is 10.7. The molecule has 72 valence electrons. The van der Waals surface area contributed by atoms with Gasteiger partial charge in [-0.1, -0.05) is 15.9 Å². The third-order valence-electron chi connectivity index (χ3n) is 1.28. The van der Waals surface area contributed by atoms with Gasteiger partial charge in [-0.3, -0.25) is 4.79 Å². The van der Waals surface area contributed by atoms with Crippen LogP contribution in [0.1, 0.15) is 10.4 Å². The summed E-state index contributed by atoms with van der Waals surface area (Å²) >= 11 is 3.20. The molecular formula is C8H11BrN2O2. The molecule has 0 bridgehead atoms. The van der Waals surface area contributed by atoms with Crippen molar-refractivity contribution in [3.8, 4) is 0 Å². The number of halogens is 1. The first-order chi connectivity index (χ1) is 6.11. The molecule has 4 nitrogen and oxygen atoms in total. The topological polar surface area (TPSA) is 89.3 Å². The van der Waals surface area contributed by atoms with E-state index in [0.717, 1.165) is 11.6 Å². The second-order valence-electron chi connectivity index (χ2n) is 2.10. The van der Waals surface area contributed by atoms with Gasteiger partial charge in [0, 0.05) is 17.3 Å². The lowest BCUT2D eigenvalue weighted by atomic mass is 10.2. The van der Waals surface area contributed by atoms with E-state index < -0.39 is 5.91 Å². The third kappa shape index (κ3) is 3.43. The van der Waals surface area contributed by atoms with Gasteiger partial charge in [0.25, 0.3) is 5.91 Å². The predicted molar refractivity (Wildman–Crippen MR) is 55.2 cm³/mol. The summed E-state index contributed by atoms with van der Waals surface area (Å²) in [5.74, 6) is -0.510. The van der Waals surface area contributed by atoms with Crippen LogP contribution in [0.15, 0.2) is 22.7 Å². The van der Waals surface area contributed by atoms with Crippen LogP contribution in [0.3, 0.4) is 0 Å². The highest BCUT2D eigenvalue weighted by Gasteiger charge is 2.04. The molecule has 1 aromatic rings. The Bertz CT molecular complexity index is 302. The summed E-state index contributed by atoms with van der Waals surface area (Å²) in [6, 6.07) is 4.98. The minimum atomic E-state index is -0.510. The van der Waals surface area contributed by atoms with Crippen molar-refractivity contribution in [3.05, 3.63) is 28.2 Å². The number of aliphatic hydroxyl groups excluding tert-OH is 1. The Kier molecular flexibility index (Phi) is 5.10. The summed E-state index contributed by atoms with van der Waals surface area (Å²) < 4.78 is 0.792. The van der Waals surface area contributed by atoms with E-state index in [1.54, 1.807) is 18.2 Å². The highest BCUT2D eigenvalue weighted by atomic mass is 79.9. The number of aliphatic hydroxyl groups is 1. The fourth-order valence-electron chi connectivity index (χ4n) is 0.742. The molecule has 0 aliphatic carbocycles. The molecule has 0 unspecified atom stereocenters. The second kappa shape index (κ2) is 5.55. The number of rotatable bonds is 1. The van der Waals surface area contributed by atoms with Crippen LogP contribution in [0.5, 0.6) is 0 Å². The first-order valence-corrected chi connectivity index (χ1v) is 4.20. The van der Waals surface area contributed by atoms with Crippen LogP contribution in [0, 0.1) is 0 Å². The van der Waals surface area contributed by atoms with Crippen LogP contribution in [-0.4, -0.2) is 18.1 Å². The molecule has 13 heavy (non-hydrogen) atoms. The molecule has 0 aliphatic rings. The van der Waals surface area contributed by atoms with E-state index in [0.29, 0.717) is 11.3 Å². The van der Waals surface area contributed by atoms with Crippen molar-refractivity contribution in [3.63, 3.8) is 0 Å². The summed E-state index contributed by atoms with van der Waals surface area (Å²) in [6.45, 7) is 0. The van der Waals surface area contributed by atoms with E-state index in [9.17, 15) is 4.79 Å². The zero-order valence-electron chi connectivity index (χ0n) is 7.12. The average molecular weight is 247 g/mol. The Morgan fingerprint density at radius 1 is 1.46 bits per heavy atom. The van der Waals surface area contributed by atoms with Gasteiger partial charge >= 0.3 is 0 Å². The van der Waals surface area contributed by atoms with Gasteiger partial charge < -0.3 is 16.6 Å². The fourth-order valence-corrected chi connectivity index (χ4v) is 1.10. The third-order valence-corrected chi connectivity index (χ3v) is 1.77. The van der Waals surface area contributed by atoms with Gasteiger partial charge in [-0.2, -0.15) is 0 Å². The van der Waals surface area contributed by atoms with Crippen LogP contribution in [0.2, 0.25) is 0 Å². The molecule has 0 aliphatic heterocycles. The van der Waals surface area contributed by atoms with Crippen molar-refractivity contribution >= 4 is 27.5 Å². The number of amides is 1. The SMILES string of the molecule is CO.NC(=O)c1cc(Br)ccc1N. The number of nitrogen functional groups attached to an aromatic ring is 1. The normalized spacial score (nSPS) is 8.54. The summed E-state index contributed by atoms with van der Waals surface area (Å²) in [4.78, 5) is 10.7. The maximum Gasteiger partial charge on any atom is 0.250 e. The lowest BCUT2D eigenvalue weighted by molar-refractivity contribution is 0.100. The summed E-state index contributed by atoms with van der Waals surface area (Å²) in [6.07, 6.45) is 0. The van der Waals surface area contributed by atoms with Crippen LogP contribution in [0.25, 0.3) is 0 Å². The largest absolute Gasteiger partial charge is 0.400 e. The smallest absolute Gasteiger partial charge is 0.250 e. The monoisotopic (exact) mass is 246 g/mol. The fraction of sp³-hybridized carbons (Fsp3) is 0.125. The standard InChI is InChI=1S/C7H7BrN2O.CH4O/c8-4-1-2-6(9)5(3-4)7(10)11;1-2/h1-3H,9H2,(H2,10,11);2H,1H3. The van der Waals surface area contributed by atoms with Crippen molar-refractivity contribution < 1.29 is 9.90 Å². The number of nitrogens with two attached hydrogens (primary N) is 2. The minimum absolute atomic E-state index is 0.347. The van der Waals surface area contributed by atoms with Crippen molar-refractivity contribution in [1.29, 1.82) is 0 Å². The molecule has 0 atom stereocenters. The van der Waals surface area contributed by atoms with Crippen molar-refractivity contribution in [2.24, 2.45) is 5.73 Å².